The number of aromatic nitrogens is 5. The molecule has 0 amide bonds. The highest BCUT2D eigenvalue weighted by molar-refractivity contribution is 7.97. The maximum absolute atomic E-state index is 9.84. The van der Waals surface area contributed by atoms with Crippen molar-refractivity contribution in [2.45, 2.75) is 18.6 Å². The smallest absolute Gasteiger partial charge is 0.154 e. The second-order valence-electron chi connectivity index (χ2n) is 8.17. The summed E-state index contributed by atoms with van der Waals surface area (Å²) in [5.74, 6) is 0.540. The van der Waals surface area contributed by atoms with Gasteiger partial charge in [-0.1, -0.05) is 23.7 Å². The lowest BCUT2D eigenvalue weighted by atomic mass is 9.99. The molecule has 0 atom stereocenters. The molecule has 178 valence electrons. The van der Waals surface area contributed by atoms with Gasteiger partial charge in [-0.2, -0.15) is 10.4 Å². The molecule has 0 bridgehead atoms. The van der Waals surface area contributed by atoms with E-state index in [1.165, 1.54) is 0 Å². The summed E-state index contributed by atoms with van der Waals surface area (Å²) in [5, 5.41) is 21.5. The minimum atomic E-state index is 0.264. The zero-order valence-corrected chi connectivity index (χ0v) is 21.0. The largest absolute Gasteiger partial charge is 0.486 e. The molecule has 5 rings (SSSR count). The second kappa shape index (κ2) is 9.95. The molecule has 0 radical (unpaired) electrons. The zero-order chi connectivity index (χ0) is 25.2. The van der Waals surface area contributed by atoms with Gasteiger partial charge in [-0.05, 0) is 60.3 Å². The molecule has 8 nitrogen and oxygen atoms in total. The summed E-state index contributed by atoms with van der Waals surface area (Å²) >= 11 is 6.96. The van der Waals surface area contributed by atoms with Crippen molar-refractivity contribution in [3.05, 3.63) is 83.0 Å². The minimum Gasteiger partial charge on any atom is -0.486 e. The molecule has 0 aliphatic rings. The normalized spacial score (nSPS) is 11.0. The number of hydrogen-bond acceptors (Lipinski definition) is 8. The van der Waals surface area contributed by atoms with Crippen LogP contribution < -0.4 is 9.88 Å². The number of nitriles is 1. The van der Waals surface area contributed by atoms with Crippen molar-refractivity contribution in [1.82, 2.24) is 24.7 Å². The Morgan fingerprint density at radius 1 is 1.11 bits per heavy atom. The van der Waals surface area contributed by atoms with E-state index < -0.39 is 0 Å². The first-order valence-corrected chi connectivity index (χ1v) is 12.2. The SMILES string of the molecule is Cc1cc(COc2ccc(Cl)nc2SN)c2cc(-c3ccc(-c4cnn(C)c4)nc3)c(C#N)nc2c1. The summed E-state index contributed by atoms with van der Waals surface area (Å²) in [6.07, 6.45) is 5.42. The number of ether oxygens (including phenoxy) is 1. The number of pyridine rings is 3. The van der Waals surface area contributed by atoms with Gasteiger partial charge in [0.2, 0.25) is 0 Å². The van der Waals surface area contributed by atoms with Gasteiger partial charge in [0.15, 0.2) is 10.8 Å². The highest BCUT2D eigenvalue weighted by Gasteiger charge is 2.15. The van der Waals surface area contributed by atoms with E-state index in [0.717, 1.165) is 50.8 Å². The predicted molar refractivity (Wildman–Crippen MR) is 140 cm³/mol. The minimum absolute atomic E-state index is 0.264. The Morgan fingerprint density at radius 2 is 1.97 bits per heavy atom. The number of nitrogens with zero attached hydrogens (tertiary/aromatic N) is 6. The molecule has 4 aromatic heterocycles. The summed E-state index contributed by atoms with van der Waals surface area (Å²) in [7, 11) is 1.86. The summed E-state index contributed by atoms with van der Waals surface area (Å²) < 4.78 is 7.80. The standard InChI is InChI=1S/C26H20ClN7OS/c1-15-7-17(14-35-24-5-6-25(27)33-26(24)36-29)20-9-19(23(10-28)32-22(20)8-15)16-3-4-21(30-11-16)18-12-31-34(2)13-18/h3-9,11-13H,14,29H2,1-2H3. The van der Waals surface area contributed by atoms with Gasteiger partial charge in [-0.25, -0.2) is 9.97 Å². The number of aryl methyl sites for hydroxylation is 2. The molecule has 0 saturated heterocycles. The monoisotopic (exact) mass is 513 g/mol. The molecule has 4 heterocycles. The van der Waals surface area contributed by atoms with Crippen LogP contribution in [0.4, 0.5) is 0 Å². The van der Waals surface area contributed by atoms with Gasteiger partial charge in [-0.15, -0.1) is 0 Å². The fourth-order valence-corrected chi connectivity index (χ4v) is 4.55. The summed E-state index contributed by atoms with van der Waals surface area (Å²) in [5.41, 5.74) is 6.20. The lowest BCUT2D eigenvalue weighted by Crippen LogP contribution is -2.02. The van der Waals surface area contributed by atoms with E-state index in [1.807, 2.05) is 50.5 Å². The van der Waals surface area contributed by atoms with E-state index in [4.69, 9.17) is 21.5 Å². The average molecular weight is 514 g/mol. The number of hydrogen-bond donors (Lipinski definition) is 1. The lowest BCUT2D eigenvalue weighted by Gasteiger charge is -2.14. The molecule has 5 aromatic rings. The van der Waals surface area contributed by atoms with Crippen molar-refractivity contribution < 1.29 is 4.74 Å². The average Bonchev–Trinajstić information content (AvgIpc) is 3.33. The molecular weight excluding hydrogens is 494 g/mol. The fourth-order valence-electron chi connectivity index (χ4n) is 3.96. The van der Waals surface area contributed by atoms with E-state index in [2.05, 4.69) is 26.1 Å². The first-order chi connectivity index (χ1) is 17.4. The number of nitrogens with two attached hydrogens (primary N) is 1. The Labute approximate surface area is 216 Å². The maximum atomic E-state index is 9.84. The summed E-state index contributed by atoms with van der Waals surface area (Å²) in [6, 6.07) is 15.5. The van der Waals surface area contributed by atoms with Crippen molar-refractivity contribution in [3.63, 3.8) is 0 Å². The molecule has 0 spiro atoms. The van der Waals surface area contributed by atoms with Crippen molar-refractivity contribution in [3.8, 4) is 34.2 Å². The quantitative estimate of drug-likeness (QED) is 0.235. The van der Waals surface area contributed by atoms with Crippen molar-refractivity contribution >= 4 is 34.5 Å². The van der Waals surface area contributed by atoms with Crippen LogP contribution in [0.5, 0.6) is 5.75 Å². The first kappa shape index (κ1) is 23.8. The van der Waals surface area contributed by atoms with Gasteiger partial charge in [-0.3, -0.25) is 14.8 Å². The van der Waals surface area contributed by atoms with E-state index in [-0.39, 0.29) is 6.61 Å². The Morgan fingerprint density at radius 3 is 2.67 bits per heavy atom. The molecular formula is C26H20ClN7OS. The Hall–Kier alpha value is -3.97. The van der Waals surface area contributed by atoms with E-state index in [1.54, 1.807) is 29.2 Å². The van der Waals surface area contributed by atoms with Crippen LogP contribution in [0.15, 0.2) is 66.1 Å². The molecule has 2 N–H and O–H groups in total. The molecule has 0 aliphatic carbocycles. The number of halogens is 1. The molecule has 10 heteroatoms. The third kappa shape index (κ3) is 4.75. The van der Waals surface area contributed by atoms with Crippen molar-refractivity contribution in [2.24, 2.45) is 12.2 Å². The third-order valence-corrected chi connectivity index (χ3v) is 6.36. The highest BCUT2D eigenvalue weighted by atomic mass is 35.5. The van der Waals surface area contributed by atoms with E-state index in [9.17, 15) is 5.26 Å². The van der Waals surface area contributed by atoms with Gasteiger partial charge in [0.05, 0.1) is 17.4 Å². The molecule has 36 heavy (non-hydrogen) atoms. The van der Waals surface area contributed by atoms with Gasteiger partial charge in [0.1, 0.15) is 23.5 Å². The van der Waals surface area contributed by atoms with Gasteiger partial charge < -0.3 is 4.74 Å². The third-order valence-electron chi connectivity index (χ3n) is 5.63. The van der Waals surface area contributed by atoms with Crippen LogP contribution >= 0.6 is 23.5 Å². The maximum Gasteiger partial charge on any atom is 0.154 e. The van der Waals surface area contributed by atoms with Crippen LogP contribution in [0.25, 0.3) is 33.3 Å². The van der Waals surface area contributed by atoms with Crippen LogP contribution in [-0.2, 0) is 13.7 Å². The van der Waals surface area contributed by atoms with Crippen molar-refractivity contribution in [2.75, 3.05) is 0 Å². The number of fused-ring (bicyclic) bond motifs is 1. The van der Waals surface area contributed by atoms with Gasteiger partial charge in [0.25, 0.3) is 0 Å². The molecule has 1 aromatic carbocycles. The second-order valence-corrected chi connectivity index (χ2v) is 9.18. The van der Waals surface area contributed by atoms with Crippen LogP contribution in [-0.4, -0.2) is 24.7 Å². The Balaban J connectivity index is 1.54. The summed E-state index contributed by atoms with van der Waals surface area (Å²) in [6.45, 7) is 2.25. The molecule has 0 fully saturated rings. The van der Waals surface area contributed by atoms with Crippen molar-refractivity contribution in [1.29, 1.82) is 5.26 Å². The predicted octanol–water partition coefficient (Wildman–Crippen LogP) is 5.47. The van der Waals surface area contributed by atoms with E-state index in [0.29, 0.717) is 27.2 Å². The van der Waals surface area contributed by atoms with Gasteiger partial charge in [0, 0.05) is 41.5 Å². The van der Waals surface area contributed by atoms with Crippen LogP contribution in [0.1, 0.15) is 16.8 Å². The molecule has 0 saturated carbocycles. The topological polar surface area (TPSA) is 116 Å². The van der Waals surface area contributed by atoms with E-state index >= 15 is 0 Å². The van der Waals surface area contributed by atoms with Crippen LogP contribution in [0.3, 0.4) is 0 Å². The highest BCUT2D eigenvalue weighted by Crippen LogP contribution is 2.31. The number of rotatable bonds is 6. The zero-order valence-electron chi connectivity index (χ0n) is 19.4. The first-order valence-electron chi connectivity index (χ1n) is 10.9. The Kier molecular flexibility index (Phi) is 6.57. The van der Waals surface area contributed by atoms with Crippen LogP contribution in [0.2, 0.25) is 5.15 Å². The fraction of sp³-hybridized carbons (Fsp3) is 0.115. The molecule has 0 unspecified atom stereocenters. The summed E-state index contributed by atoms with van der Waals surface area (Å²) in [4.78, 5) is 13.5. The number of benzene rings is 1. The lowest BCUT2D eigenvalue weighted by molar-refractivity contribution is 0.297. The Bertz CT molecular complexity index is 1630. The van der Waals surface area contributed by atoms with Gasteiger partial charge >= 0.3 is 0 Å². The molecule has 0 aliphatic heterocycles. The van der Waals surface area contributed by atoms with Crippen LogP contribution in [0, 0.1) is 18.3 Å².